The molecule has 0 aliphatic carbocycles. The molecule has 0 atom stereocenters. The zero-order valence-electron chi connectivity index (χ0n) is 5.54. The molecule has 1 aliphatic rings. The van der Waals surface area contributed by atoms with Crippen LogP contribution in [0.25, 0.3) is 0 Å². The van der Waals surface area contributed by atoms with Gasteiger partial charge in [0.1, 0.15) is 0 Å². The Bertz CT molecular complexity index is 149. The number of likely N-dealkylation sites (N-methyl/N-ethyl adjacent to an activating group) is 1. The van der Waals surface area contributed by atoms with E-state index in [1.807, 2.05) is 30.3 Å². The van der Waals surface area contributed by atoms with Gasteiger partial charge >= 0.3 is 0 Å². The Hall–Kier alpha value is -0.760. The Balaban J connectivity index is 2.59. The Morgan fingerprint density at radius 2 is 2.56 bits per heavy atom. The minimum Gasteiger partial charge on any atom is -0.392 e. The summed E-state index contributed by atoms with van der Waals surface area (Å²) in [6.45, 7) is 1.09. The van der Waals surface area contributed by atoms with Gasteiger partial charge in [-0.2, -0.15) is 0 Å². The molecular weight excluding hydrogens is 114 g/mol. The molecule has 0 saturated heterocycles. The van der Waals surface area contributed by atoms with Crippen molar-refractivity contribution < 1.29 is 5.11 Å². The number of aliphatic hydroxyl groups is 1. The van der Waals surface area contributed by atoms with Crippen LogP contribution in [0.3, 0.4) is 0 Å². The lowest BCUT2D eigenvalue weighted by Crippen LogP contribution is -2.14. The molecule has 0 aromatic heterocycles. The summed E-state index contributed by atoms with van der Waals surface area (Å²) in [5.74, 6) is 0. The van der Waals surface area contributed by atoms with Crippen LogP contribution in [-0.2, 0) is 0 Å². The zero-order chi connectivity index (χ0) is 6.69. The van der Waals surface area contributed by atoms with E-state index in [1.165, 1.54) is 0 Å². The molecule has 0 unspecified atom stereocenters. The van der Waals surface area contributed by atoms with Crippen LogP contribution in [-0.4, -0.2) is 30.2 Å². The maximum atomic E-state index is 8.66. The molecule has 0 aromatic carbocycles. The van der Waals surface area contributed by atoms with Crippen molar-refractivity contribution in [1.29, 1.82) is 0 Å². The van der Waals surface area contributed by atoms with Crippen molar-refractivity contribution in [1.82, 2.24) is 4.90 Å². The summed E-state index contributed by atoms with van der Waals surface area (Å²) < 4.78 is 0. The van der Waals surface area contributed by atoms with Gasteiger partial charge in [0.15, 0.2) is 0 Å². The molecule has 50 valence electrons. The van der Waals surface area contributed by atoms with E-state index >= 15 is 0 Å². The molecule has 0 radical (unpaired) electrons. The first-order chi connectivity index (χ1) is 4.33. The summed E-state index contributed by atoms with van der Waals surface area (Å²) in [7, 11) is 1.99. The highest BCUT2D eigenvalue weighted by Gasteiger charge is 1.97. The molecule has 0 fully saturated rings. The average molecular weight is 125 g/mol. The van der Waals surface area contributed by atoms with Gasteiger partial charge in [0, 0.05) is 19.8 Å². The van der Waals surface area contributed by atoms with Crippen molar-refractivity contribution in [3.63, 3.8) is 0 Å². The largest absolute Gasteiger partial charge is 0.392 e. The quantitative estimate of drug-likeness (QED) is 0.547. The summed E-state index contributed by atoms with van der Waals surface area (Å²) in [6, 6.07) is 0. The van der Waals surface area contributed by atoms with Crippen molar-refractivity contribution in [2.24, 2.45) is 0 Å². The first-order valence-corrected chi connectivity index (χ1v) is 3.01. The van der Waals surface area contributed by atoms with Gasteiger partial charge in [-0.25, -0.2) is 0 Å². The summed E-state index contributed by atoms with van der Waals surface area (Å²) in [5, 5.41) is 8.66. The molecule has 0 aromatic rings. The molecule has 1 N–H and O–H groups in total. The van der Waals surface area contributed by atoms with Crippen LogP contribution in [0.1, 0.15) is 0 Å². The lowest BCUT2D eigenvalue weighted by Gasteiger charge is -2.16. The summed E-state index contributed by atoms with van der Waals surface area (Å²) >= 11 is 0. The summed E-state index contributed by atoms with van der Waals surface area (Å²) in [5.41, 5.74) is 0.976. The summed E-state index contributed by atoms with van der Waals surface area (Å²) in [6.07, 6.45) is 5.92. The van der Waals surface area contributed by atoms with E-state index in [0.29, 0.717) is 0 Å². The highest BCUT2D eigenvalue weighted by molar-refractivity contribution is 5.21. The van der Waals surface area contributed by atoms with Gasteiger partial charge in [-0.3, -0.25) is 0 Å². The second-order valence-corrected chi connectivity index (χ2v) is 2.20. The Morgan fingerprint density at radius 1 is 1.78 bits per heavy atom. The molecule has 0 amide bonds. The second kappa shape index (κ2) is 2.69. The SMILES string of the molecule is CN1C=C(CO)C=CC1. The van der Waals surface area contributed by atoms with Crippen LogP contribution in [0.5, 0.6) is 0 Å². The smallest absolute Gasteiger partial charge is 0.0695 e. The first-order valence-electron chi connectivity index (χ1n) is 3.01. The highest BCUT2D eigenvalue weighted by atomic mass is 16.3. The van der Waals surface area contributed by atoms with Crippen LogP contribution in [0.15, 0.2) is 23.9 Å². The third kappa shape index (κ3) is 1.57. The van der Waals surface area contributed by atoms with Crippen LogP contribution < -0.4 is 0 Å². The summed E-state index contributed by atoms with van der Waals surface area (Å²) in [4.78, 5) is 2.03. The van der Waals surface area contributed by atoms with E-state index in [0.717, 1.165) is 12.1 Å². The fraction of sp³-hybridized carbons (Fsp3) is 0.429. The van der Waals surface area contributed by atoms with Gasteiger partial charge in [-0.15, -0.1) is 0 Å². The number of hydrogen-bond acceptors (Lipinski definition) is 2. The van der Waals surface area contributed by atoms with Gasteiger partial charge in [0.2, 0.25) is 0 Å². The standard InChI is InChI=1S/C7H11NO/c1-8-4-2-3-7(5-8)6-9/h2-3,5,9H,4,6H2,1H3. The molecule has 0 spiro atoms. The normalized spacial score (nSPS) is 18.0. The third-order valence-corrected chi connectivity index (χ3v) is 1.29. The second-order valence-electron chi connectivity index (χ2n) is 2.20. The maximum absolute atomic E-state index is 8.66. The van der Waals surface area contributed by atoms with Gasteiger partial charge < -0.3 is 10.0 Å². The van der Waals surface area contributed by atoms with Crippen molar-refractivity contribution in [3.05, 3.63) is 23.9 Å². The van der Waals surface area contributed by atoms with Gasteiger partial charge in [-0.1, -0.05) is 12.2 Å². The van der Waals surface area contributed by atoms with E-state index in [9.17, 15) is 0 Å². The Labute approximate surface area is 55.1 Å². The average Bonchev–Trinajstić information content (AvgIpc) is 1.88. The van der Waals surface area contributed by atoms with Crippen molar-refractivity contribution >= 4 is 0 Å². The molecule has 1 aliphatic heterocycles. The molecule has 2 heteroatoms. The highest BCUT2D eigenvalue weighted by Crippen LogP contribution is 2.03. The van der Waals surface area contributed by atoms with Gasteiger partial charge in [0.05, 0.1) is 6.61 Å². The predicted molar refractivity (Wildman–Crippen MR) is 36.9 cm³/mol. The maximum Gasteiger partial charge on any atom is 0.0695 e. The number of hydrogen-bond donors (Lipinski definition) is 1. The minimum atomic E-state index is 0.140. The Kier molecular flexibility index (Phi) is 1.90. The fourth-order valence-corrected chi connectivity index (χ4v) is 0.843. The lowest BCUT2D eigenvalue weighted by atomic mass is 10.2. The molecule has 0 bridgehead atoms. The molecule has 1 heterocycles. The molecular formula is C7H11NO. The minimum absolute atomic E-state index is 0.140. The van der Waals surface area contributed by atoms with Gasteiger partial charge in [-0.05, 0) is 5.57 Å². The predicted octanol–water partition coefficient (Wildman–Crippen LogP) is 0.364. The van der Waals surface area contributed by atoms with Crippen LogP contribution in [0, 0.1) is 0 Å². The first kappa shape index (κ1) is 6.36. The van der Waals surface area contributed by atoms with Crippen LogP contribution in [0.2, 0.25) is 0 Å². The lowest BCUT2D eigenvalue weighted by molar-refractivity contribution is 0.329. The van der Waals surface area contributed by atoms with E-state index < -0.39 is 0 Å². The third-order valence-electron chi connectivity index (χ3n) is 1.29. The molecule has 2 nitrogen and oxygen atoms in total. The van der Waals surface area contributed by atoms with E-state index in [-0.39, 0.29) is 6.61 Å². The van der Waals surface area contributed by atoms with E-state index in [4.69, 9.17) is 5.11 Å². The van der Waals surface area contributed by atoms with Crippen LogP contribution >= 0.6 is 0 Å². The number of nitrogens with zero attached hydrogens (tertiary/aromatic N) is 1. The van der Waals surface area contributed by atoms with Crippen LogP contribution in [0.4, 0.5) is 0 Å². The number of rotatable bonds is 1. The molecule has 0 saturated carbocycles. The van der Waals surface area contributed by atoms with E-state index in [2.05, 4.69) is 0 Å². The van der Waals surface area contributed by atoms with Crippen molar-refractivity contribution in [3.8, 4) is 0 Å². The van der Waals surface area contributed by atoms with E-state index in [1.54, 1.807) is 0 Å². The molecule has 1 rings (SSSR count). The topological polar surface area (TPSA) is 23.5 Å². The van der Waals surface area contributed by atoms with Gasteiger partial charge in [0.25, 0.3) is 0 Å². The zero-order valence-corrected chi connectivity index (χ0v) is 5.54. The van der Waals surface area contributed by atoms with Crippen molar-refractivity contribution in [2.75, 3.05) is 20.2 Å². The fourth-order valence-electron chi connectivity index (χ4n) is 0.843. The molecule has 9 heavy (non-hydrogen) atoms. The monoisotopic (exact) mass is 125 g/mol. The van der Waals surface area contributed by atoms with Crippen molar-refractivity contribution in [2.45, 2.75) is 0 Å². The number of aliphatic hydroxyl groups excluding tert-OH is 1. The Morgan fingerprint density at radius 3 is 3.00 bits per heavy atom.